The van der Waals surface area contributed by atoms with Crippen molar-refractivity contribution < 1.29 is 4.42 Å². The minimum absolute atomic E-state index is 0.318. The van der Waals surface area contributed by atoms with Gasteiger partial charge in [-0.3, -0.25) is 9.67 Å². The number of halogens is 1. The van der Waals surface area contributed by atoms with Gasteiger partial charge in [0.2, 0.25) is 5.82 Å². The molecule has 90 valence electrons. The van der Waals surface area contributed by atoms with Gasteiger partial charge in [-0.05, 0) is 48.1 Å². The molecule has 4 nitrogen and oxygen atoms in total. The average Bonchev–Trinajstić information content (AvgIpc) is 2.96. The molecule has 0 radical (unpaired) electrons. The molecule has 0 spiro atoms. The standard InChI is InChI=1S/C12H8ClN3OS/c13-10-7-6-9(17-10)11-14-15-12(18)16(11)8-4-2-1-3-5-8/h1-7H,(H,15,18). The zero-order valence-corrected chi connectivity index (χ0v) is 10.7. The van der Waals surface area contributed by atoms with E-state index in [4.69, 9.17) is 28.2 Å². The number of aromatic nitrogens is 3. The SMILES string of the molecule is S=c1[nH]nc(-c2ccc(Cl)o2)n1-c1ccccc1. The Morgan fingerprint density at radius 1 is 1.17 bits per heavy atom. The first-order chi connectivity index (χ1) is 8.75. The smallest absolute Gasteiger partial charge is 0.202 e. The van der Waals surface area contributed by atoms with Crippen LogP contribution in [0.25, 0.3) is 17.3 Å². The Morgan fingerprint density at radius 3 is 2.61 bits per heavy atom. The minimum atomic E-state index is 0.318. The van der Waals surface area contributed by atoms with Gasteiger partial charge in [-0.25, -0.2) is 0 Å². The Morgan fingerprint density at radius 2 is 1.94 bits per heavy atom. The van der Waals surface area contributed by atoms with E-state index in [1.54, 1.807) is 16.7 Å². The molecule has 0 bridgehead atoms. The van der Waals surface area contributed by atoms with Crippen molar-refractivity contribution in [3.8, 4) is 17.3 Å². The zero-order chi connectivity index (χ0) is 12.5. The van der Waals surface area contributed by atoms with Crippen molar-refractivity contribution in [3.63, 3.8) is 0 Å². The lowest BCUT2D eigenvalue weighted by Crippen LogP contribution is -1.96. The Labute approximate surface area is 113 Å². The topological polar surface area (TPSA) is 46.8 Å². The predicted molar refractivity (Wildman–Crippen MR) is 71.5 cm³/mol. The number of benzene rings is 1. The van der Waals surface area contributed by atoms with Crippen molar-refractivity contribution in [2.24, 2.45) is 0 Å². The van der Waals surface area contributed by atoms with Crippen molar-refractivity contribution >= 4 is 23.8 Å². The molecule has 1 aromatic carbocycles. The van der Waals surface area contributed by atoms with Crippen LogP contribution in [0.2, 0.25) is 5.22 Å². The second-order valence-electron chi connectivity index (χ2n) is 3.63. The van der Waals surface area contributed by atoms with Crippen molar-refractivity contribution in [3.05, 3.63) is 52.5 Å². The Balaban J connectivity index is 2.22. The summed E-state index contributed by atoms with van der Waals surface area (Å²) in [5.74, 6) is 1.16. The Hall–Kier alpha value is -1.85. The summed E-state index contributed by atoms with van der Waals surface area (Å²) in [7, 11) is 0. The maximum atomic E-state index is 5.78. The van der Waals surface area contributed by atoms with E-state index >= 15 is 0 Å². The van der Waals surface area contributed by atoms with Crippen LogP contribution in [-0.4, -0.2) is 14.8 Å². The molecular formula is C12H8ClN3OS. The fraction of sp³-hybridized carbons (Fsp3) is 0. The summed E-state index contributed by atoms with van der Waals surface area (Å²) in [6.45, 7) is 0. The summed E-state index contributed by atoms with van der Waals surface area (Å²) < 4.78 is 7.66. The first-order valence-corrected chi connectivity index (χ1v) is 6.03. The van der Waals surface area contributed by atoms with E-state index in [0.29, 0.717) is 21.6 Å². The number of rotatable bonds is 2. The lowest BCUT2D eigenvalue weighted by atomic mass is 10.3. The summed E-state index contributed by atoms with van der Waals surface area (Å²) in [5.41, 5.74) is 0.916. The van der Waals surface area contributed by atoms with E-state index in [2.05, 4.69) is 10.2 Å². The number of nitrogens with zero attached hydrogens (tertiary/aromatic N) is 2. The number of hydrogen-bond acceptors (Lipinski definition) is 3. The van der Waals surface area contributed by atoms with Gasteiger partial charge in [0.25, 0.3) is 0 Å². The minimum Gasteiger partial charge on any atom is -0.441 e. The highest BCUT2D eigenvalue weighted by atomic mass is 35.5. The zero-order valence-electron chi connectivity index (χ0n) is 9.13. The second kappa shape index (κ2) is 4.44. The molecular weight excluding hydrogens is 270 g/mol. The summed E-state index contributed by atoms with van der Waals surface area (Å²) in [6.07, 6.45) is 0. The predicted octanol–water partition coefficient (Wildman–Crippen LogP) is 3.84. The average molecular weight is 278 g/mol. The number of H-pyrrole nitrogens is 1. The molecule has 1 N–H and O–H groups in total. The van der Waals surface area contributed by atoms with E-state index in [1.807, 2.05) is 30.3 Å². The molecule has 0 amide bonds. The molecule has 0 saturated carbocycles. The van der Waals surface area contributed by atoms with Crippen LogP contribution in [0.15, 0.2) is 46.9 Å². The number of nitrogens with one attached hydrogen (secondary N) is 1. The van der Waals surface area contributed by atoms with Gasteiger partial charge in [0.1, 0.15) is 0 Å². The number of hydrogen-bond donors (Lipinski definition) is 1. The van der Waals surface area contributed by atoms with E-state index in [9.17, 15) is 0 Å². The lowest BCUT2D eigenvalue weighted by Gasteiger charge is -2.04. The lowest BCUT2D eigenvalue weighted by molar-refractivity contribution is 0.577. The first-order valence-electron chi connectivity index (χ1n) is 5.24. The monoisotopic (exact) mass is 277 g/mol. The van der Waals surface area contributed by atoms with Crippen LogP contribution < -0.4 is 0 Å². The normalized spacial score (nSPS) is 10.7. The van der Waals surface area contributed by atoms with Crippen LogP contribution in [0.5, 0.6) is 0 Å². The summed E-state index contributed by atoms with van der Waals surface area (Å²) in [5, 5.41) is 7.24. The molecule has 3 rings (SSSR count). The van der Waals surface area contributed by atoms with Crippen LogP contribution in [-0.2, 0) is 0 Å². The molecule has 0 fully saturated rings. The highest BCUT2D eigenvalue weighted by Gasteiger charge is 2.13. The molecule has 0 unspecified atom stereocenters. The number of para-hydroxylation sites is 1. The highest BCUT2D eigenvalue weighted by molar-refractivity contribution is 7.71. The van der Waals surface area contributed by atoms with Crippen LogP contribution >= 0.6 is 23.8 Å². The van der Waals surface area contributed by atoms with E-state index in [-0.39, 0.29) is 0 Å². The van der Waals surface area contributed by atoms with Crippen LogP contribution in [0.4, 0.5) is 0 Å². The van der Waals surface area contributed by atoms with E-state index < -0.39 is 0 Å². The maximum Gasteiger partial charge on any atom is 0.202 e. The first kappa shape index (κ1) is 11.3. The molecule has 3 aromatic rings. The van der Waals surface area contributed by atoms with Gasteiger partial charge in [-0.15, -0.1) is 0 Å². The molecule has 2 aromatic heterocycles. The third-order valence-corrected chi connectivity index (χ3v) is 2.96. The van der Waals surface area contributed by atoms with Crippen molar-refractivity contribution in [1.82, 2.24) is 14.8 Å². The molecule has 0 aliphatic heterocycles. The Bertz CT molecular complexity index is 729. The second-order valence-corrected chi connectivity index (χ2v) is 4.39. The van der Waals surface area contributed by atoms with Gasteiger partial charge in [0.05, 0.1) is 5.69 Å². The summed E-state index contributed by atoms with van der Waals surface area (Å²) >= 11 is 11.0. The summed E-state index contributed by atoms with van der Waals surface area (Å²) in [6, 6.07) is 13.1. The maximum absolute atomic E-state index is 5.78. The third kappa shape index (κ3) is 1.87. The van der Waals surface area contributed by atoms with Crippen molar-refractivity contribution in [2.45, 2.75) is 0 Å². The van der Waals surface area contributed by atoms with Crippen LogP contribution in [0.1, 0.15) is 0 Å². The van der Waals surface area contributed by atoms with Gasteiger partial charge in [0.15, 0.2) is 15.8 Å². The van der Waals surface area contributed by atoms with E-state index in [1.165, 1.54) is 0 Å². The summed E-state index contributed by atoms with van der Waals surface area (Å²) in [4.78, 5) is 0. The number of furan rings is 1. The van der Waals surface area contributed by atoms with Gasteiger partial charge in [-0.1, -0.05) is 18.2 Å². The Kier molecular flexibility index (Phi) is 2.77. The van der Waals surface area contributed by atoms with Gasteiger partial charge in [0, 0.05) is 0 Å². The fourth-order valence-electron chi connectivity index (χ4n) is 1.71. The van der Waals surface area contributed by atoms with E-state index in [0.717, 1.165) is 5.69 Å². The fourth-order valence-corrected chi connectivity index (χ4v) is 2.10. The molecule has 18 heavy (non-hydrogen) atoms. The van der Waals surface area contributed by atoms with Gasteiger partial charge >= 0.3 is 0 Å². The molecule has 0 saturated heterocycles. The number of aromatic amines is 1. The molecule has 0 aliphatic rings. The molecule has 0 aliphatic carbocycles. The largest absolute Gasteiger partial charge is 0.441 e. The van der Waals surface area contributed by atoms with Gasteiger partial charge in [-0.2, -0.15) is 5.10 Å². The highest BCUT2D eigenvalue weighted by Crippen LogP contribution is 2.25. The van der Waals surface area contributed by atoms with Crippen molar-refractivity contribution in [2.75, 3.05) is 0 Å². The third-order valence-electron chi connectivity index (χ3n) is 2.48. The van der Waals surface area contributed by atoms with Crippen molar-refractivity contribution in [1.29, 1.82) is 0 Å². The van der Waals surface area contributed by atoms with Crippen LogP contribution in [0, 0.1) is 4.77 Å². The van der Waals surface area contributed by atoms with Gasteiger partial charge < -0.3 is 4.42 Å². The molecule has 2 heterocycles. The quantitative estimate of drug-likeness (QED) is 0.724. The molecule has 0 atom stereocenters. The molecule has 6 heteroatoms. The van der Waals surface area contributed by atoms with Crippen LogP contribution in [0.3, 0.4) is 0 Å².